The van der Waals surface area contributed by atoms with E-state index in [-0.39, 0.29) is 32.2 Å². The van der Waals surface area contributed by atoms with Crippen molar-refractivity contribution in [2.75, 3.05) is 6.61 Å². The van der Waals surface area contributed by atoms with Crippen molar-refractivity contribution >= 4 is 19.4 Å². The van der Waals surface area contributed by atoms with Crippen LogP contribution in [-0.4, -0.2) is 55.8 Å². The first-order valence-corrected chi connectivity index (χ1v) is 8.27. The van der Waals surface area contributed by atoms with Crippen LogP contribution in [0.25, 0.3) is 0 Å². The maximum absolute atomic E-state index is 9.97. The van der Waals surface area contributed by atoms with Gasteiger partial charge in [0.15, 0.2) is 0 Å². The average molecular weight is 329 g/mol. The molecule has 2 aliphatic rings. The van der Waals surface area contributed by atoms with Crippen molar-refractivity contribution in [2.24, 2.45) is 0 Å². The van der Waals surface area contributed by atoms with Crippen molar-refractivity contribution in [3.05, 3.63) is 30.3 Å². The summed E-state index contributed by atoms with van der Waals surface area (Å²) in [5.74, 6) is -0.644. The third kappa shape index (κ3) is 2.87. The standard InChI is InChI=1S/C14H18O4Se/c1-14(2)17-11-10(15)8-16-13(12(11)18-14)19-9-6-4-3-5-7-9/h3-7,10-13,15H,8H2,1-2H3/t10-,11+,12-,13+/m1/s1. The molecule has 0 unspecified atom stereocenters. The first-order valence-electron chi connectivity index (χ1n) is 6.42. The molecule has 2 heterocycles. The molecule has 2 saturated heterocycles. The van der Waals surface area contributed by atoms with Crippen LogP contribution in [0.1, 0.15) is 13.8 Å². The van der Waals surface area contributed by atoms with Gasteiger partial charge in [0.05, 0.1) is 0 Å². The summed E-state index contributed by atoms with van der Waals surface area (Å²) in [6.07, 6.45) is -1.06. The van der Waals surface area contributed by atoms with Gasteiger partial charge in [0.2, 0.25) is 0 Å². The molecule has 1 N–H and O–H groups in total. The molecule has 0 spiro atoms. The molecule has 1 aromatic rings. The van der Waals surface area contributed by atoms with Crippen LogP contribution in [0.5, 0.6) is 0 Å². The number of hydrogen-bond donors (Lipinski definition) is 1. The van der Waals surface area contributed by atoms with Crippen molar-refractivity contribution in [3.8, 4) is 0 Å². The van der Waals surface area contributed by atoms with Crippen LogP contribution in [0.4, 0.5) is 0 Å². The zero-order valence-corrected chi connectivity index (χ0v) is 12.7. The Labute approximate surface area is 119 Å². The topological polar surface area (TPSA) is 47.9 Å². The van der Waals surface area contributed by atoms with Crippen LogP contribution in [0.15, 0.2) is 30.3 Å². The SMILES string of the molecule is CC1(C)O[C@@H]2[C@@H](O1)[C@H]([Se]c1ccccc1)OC[C@H]2O. The summed E-state index contributed by atoms with van der Waals surface area (Å²) in [6.45, 7) is 4.08. The van der Waals surface area contributed by atoms with Crippen molar-refractivity contribution in [2.45, 2.75) is 42.9 Å². The monoisotopic (exact) mass is 330 g/mol. The van der Waals surface area contributed by atoms with Gasteiger partial charge >= 0.3 is 119 Å². The van der Waals surface area contributed by atoms with Crippen LogP contribution in [-0.2, 0) is 14.2 Å². The Morgan fingerprint density at radius 1 is 1.16 bits per heavy atom. The summed E-state index contributed by atoms with van der Waals surface area (Å²) in [5.41, 5.74) is 0. The quantitative estimate of drug-likeness (QED) is 0.791. The number of ether oxygens (including phenoxy) is 3. The minimum absolute atomic E-state index is 0.00919. The number of rotatable bonds is 2. The van der Waals surface area contributed by atoms with Crippen molar-refractivity contribution in [1.29, 1.82) is 0 Å². The Balaban J connectivity index is 1.76. The van der Waals surface area contributed by atoms with E-state index in [2.05, 4.69) is 12.1 Å². The summed E-state index contributed by atoms with van der Waals surface area (Å²) in [5, 5.41) is 9.96. The Hall–Kier alpha value is -0.421. The van der Waals surface area contributed by atoms with E-state index in [1.165, 1.54) is 4.46 Å². The molecule has 2 fully saturated rings. The number of aliphatic hydroxyl groups is 1. The Morgan fingerprint density at radius 3 is 2.58 bits per heavy atom. The number of aliphatic hydroxyl groups excluding tert-OH is 1. The molecule has 0 aliphatic carbocycles. The van der Waals surface area contributed by atoms with Crippen LogP contribution < -0.4 is 4.46 Å². The minimum atomic E-state index is -0.644. The number of hydrogen-bond acceptors (Lipinski definition) is 4. The predicted octanol–water partition coefficient (Wildman–Crippen LogP) is 0.253. The normalized spacial score (nSPS) is 37.0. The number of benzene rings is 1. The summed E-state index contributed by atoms with van der Waals surface area (Å²) in [7, 11) is 0. The average Bonchev–Trinajstić information content (AvgIpc) is 2.71. The van der Waals surface area contributed by atoms with Crippen LogP contribution in [0.2, 0.25) is 0 Å². The molecule has 4 nitrogen and oxygen atoms in total. The van der Waals surface area contributed by atoms with Crippen molar-refractivity contribution in [1.82, 2.24) is 0 Å². The van der Waals surface area contributed by atoms with E-state index >= 15 is 0 Å². The van der Waals surface area contributed by atoms with E-state index in [9.17, 15) is 5.11 Å². The van der Waals surface area contributed by atoms with Crippen molar-refractivity contribution < 1.29 is 19.3 Å². The summed E-state index contributed by atoms with van der Waals surface area (Å²) in [6, 6.07) is 10.3. The Kier molecular flexibility index (Phi) is 3.69. The van der Waals surface area contributed by atoms with Gasteiger partial charge in [0.1, 0.15) is 0 Å². The molecule has 0 aromatic heterocycles. The zero-order chi connectivity index (χ0) is 13.5. The molecular formula is C14H18O4Se. The van der Waals surface area contributed by atoms with Crippen LogP contribution in [0.3, 0.4) is 0 Å². The third-order valence-electron chi connectivity index (χ3n) is 3.24. The second-order valence-electron chi connectivity index (χ2n) is 5.26. The van der Waals surface area contributed by atoms with Gasteiger partial charge in [-0.2, -0.15) is 0 Å². The Morgan fingerprint density at radius 2 is 1.84 bits per heavy atom. The van der Waals surface area contributed by atoms with Gasteiger partial charge in [0, 0.05) is 0 Å². The van der Waals surface area contributed by atoms with Gasteiger partial charge in [-0.3, -0.25) is 0 Å². The van der Waals surface area contributed by atoms with Crippen LogP contribution >= 0.6 is 0 Å². The van der Waals surface area contributed by atoms with Gasteiger partial charge in [0.25, 0.3) is 0 Å². The zero-order valence-electron chi connectivity index (χ0n) is 11.0. The van der Waals surface area contributed by atoms with E-state index in [4.69, 9.17) is 14.2 Å². The van der Waals surface area contributed by atoms with E-state index in [1.807, 2.05) is 32.0 Å². The van der Waals surface area contributed by atoms with Gasteiger partial charge in [-0.05, 0) is 0 Å². The van der Waals surface area contributed by atoms with E-state index < -0.39 is 11.9 Å². The van der Waals surface area contributed by atoms with Crippen molar-refractivity contribution in [3.63, 3.8) is 0 Å². The van der Waals surface area contributed by atoms with Crippen LogP contribution in [0, 0.1) is 0 Å². The molecule has 3 rings (SSSR count). The molecule has 0 saturated carbocycles. The first-order chi connectivity index (χ1) is 9.05. The Bertz CT molecular complexity index is 436. The molecule has 0 amide bonds. The fraction of sp³-hybridized carbons (Fsp3) is 0.571. The maximum atomic E-state index is 9.97. The molecule has 2 aliphatic heterocycles. The molecule has 0 bridgehead atoms. The van der Waals surface area contributed by atoms with Gasteiger partial charge in [-0.1, -0.05) is 0 Å². The fourth-order valence-electron chi connectivity index (χ4n) is 2.44. The molecule has 0 radical (unpaired) electrons. The van der Waals surface area contributed by atoms with E-state index in [1.54, 1.807) is 0 Å². The van der Waals surface area contributed by atoms with Gasteiger partial charge in [-0.25, -0.2) is 0 Å². The second-order valence-corrected chi connectivity index (χ2v) is 7.72. The van der Waals surface area contributed by atoms with Gasteiger partial charge < -0.3 is 0 Å². The molecule has 1 aromatic carbocycles. The summed E-state index contributed by atoms with van der Waals surface area (Å²) in [4.78, 5) is 0. The fourth-order valence-corrected chi connectivity index (χ4v) is 4.70. The molecule has 4 atom stereocenters. The second kappa shape index (κ2) is 5.17. The molecule has 19 heavy (non-hydrogen) atoms. The first kappa shape index (κ1) is 13.6. The number of fused-ring (bicyclic) bond motifs is 1. The van der Waals surface area contributed by atoms with E-state index in [0.29, 0.717) is 6.61 Å². The molecular weight excluding hydrogens is 311 g/mol. The summed E-state index contributed by atoms with van der Waals surface area (Å²) >= 11 is 0.147. The molecule has 104 valence electrons. The summed E-state index contributed by atoms with van der Waals surface area (Å²) < 4.78 is 18.7. The molecule has 5 heteroatoms. The van der Waals surface area contributed by atoms with E-state index in [0.717, 1.165) is 0 Å². The third-order valence-corrected chi connectivity index (χ3v) is 5.72. The van der Waals surface area contributed by atoms with Gasteiger partial charge in [-0.15, -0.1) is 0 Å². The predicted molar refractivity (Wildman–Crippen MR) is 71.4 cm³/mol.